The first-order valence-corrected chi connectivity index (χ1v) is 18.3. The van der Waals surface area contributed by atoms with E-state index in [-0.39, 0.29) is 9.49 Å². The van der Waals surface area contributed by atoms with Crippen LogP contribution < -0.4 is 16.2 Å². The molecule has 0 aromatic heterocycles. The summed E-state index contributed by atoms with van der Waals surface area (Å²) >= 11 is 3.78. The fourth-order valence-corrected chi connectivity index (χ4v) is 8.78. The maximum absolute atomic E-state index is 5.87. The molecule has 0 radical (unpaired) electrons. The van der Waals surface area contributed by atoms with Crippen molar-refractivity contribution in [3.8, 4) is 5.75 Å². The summed E-state index contributed by atoms with van der Waals surface area (Å²) < 4.78 is 4.82. The number of ether oxygens (including phenoxy) is 1. The molecule has 3 nitrogen and oxygen atoms in total. The zero-order chi connectivity index (χ0) is 33.5. The highest BCUT2D eigenvalue weighted by atomic mass is 32.2. The Balaban J connectivity index is 0.000000188. The van der Waals surface area contributed by atoms with Gasteiger partial charge in [-0.3, -0.25) is 0 Å². The van der Waals surface area contributed by atoms with Crippen molar-refractivity contribution in [2.24, 2.45) is 11.5 Å². The number of hydrogen-bond acceptors (Lipinski definition) is 5. The summed E-state index contributed by atoms with van der Waals surface area (Å²) in [5.74, 6) is 2.64. The third kappa shape index (κ3) is 7.88. The molecule has 0 heterocycles. The molecule has 0 aliphatic rings. The Morgan fingerprint density at radius 1 is 0.396 bits per heavy atom. The highest BCUT2D eigenvalue weighted by Crippen LogP contribution is 2.49. The van der Waals surface area contributed by atoms with Crippen LogP contribution in [0.1, 0.15) is 33.4 Å². The van der Waals surface area contributed by atoms with Crippen LogP contribution in [0.2, 0.25) is 0 Å². The molecule has 0 aliphatic carbocycles. The summed E-state index contributed by atoms with van der Waals surface area (Å²) in [5.41, 5.74) is 19.3. The zero-order valence-corrected chi connectivity index (χ0v) is 29.1. The van der Waals surface area contributed by atoms with E-state index in [0.29, 0.717) is 13.1 Å². The van der Waals surface area contributed by atoms with Gasteiger partial charge in [-0.05, 0) is 45.5 Å². The number of methoxy groups -OCH3 is 1. The van der Waals surface area contributed by atoms with Crippen molar-refractivity contribution in [3.63, 3.8) is 0 Å². The second kappa shape index (κ2) is 17.8. The van der Waals surface area contributed by atoms with Crippen molar-refractivity contribution in [3.05, 3.63) is 209 Å². The van der Waals surface area contributed by atoms with Gasteiger partial charge in [0.05, 0.1) is 16.6 Å². The van der Waals surface area contributed by atoms with Crippen LogP contribution in [-0.2, 0) is 9.49 Å². The Bertz CT molecular complexity index is 1620. The molecule has 48 heavy (non-hydrogen) atoms. The van der Waals surface area contributed by atoms with Gasteiger partial charge < -0.3 is 16.2 Å². The first-order chi connectivity index (χ1) is 23.7. The summed E-state index contributed by atoms with van der Waals surface area (Å²) in [6.45, 7) is 1.31. The molecule has 0 atom stereocenters. The fourth-order valence-electron chi connectivity index (χ4n) is 6.11. The first kappa shape index (κ1) is 35.1. The second-order valence-electron chi connectivity index (χ2n) is 11.2. The number of nitrogens with two attached hydrogens (primary N) is 2. The Hall–Kier alpha value is -4.26. The molecule has 6 aromatic rings. The minimum atomic E-state index is -0.297. The average Bonchev–Trinajstić information content (AvgIpc) is 3.18. The lowest BCUT2D eigenvalue weighted by Crippen LogP contribution is -2.27. The fraction of sp³-hybridized carbons (Fsp3) is 0.163. The topological polar surface area (TPSA) is 61.3 Å². The summed E-state index contributed by atoms with van der Waals surface area (Å²) in [5, 5.41) is 0. The molecule has 0 saturated carbocycles. The van der Waals surface area contributed by atoms with Gasteiger partial charge in [-0.2, -0.15) is 0 Å². The van der Waals surface area contributed by atoms with Gasteiger partial charge >= 0.3 is 0 Å². The lowest BCUT2D eigenvalue weighted by atomic mass is 9.84. The van der Waals surface area contributed by atoms with Gasteiger partial charge in [-0.25, -0.2) is 0 Å². The Kier molecular flexibility index (Phi) is 13.0. The first-order valence-electron chi connectivity index (χ1n) is 16.3. The summed E-state index contributed by atoms with van der Waals surface area (Å²) in [6.07, 6.45) is 0. The Morgan fingerprint density at radius 3 is 0.875 bits per heavy atom. The summed E-state index contributed by atoms with van der Waals surface area (Å²) in [4.78, 5) is 0. The van der Waals surface area contributed by atoms with Gasteiger partial charge in [0, 0.05) is 24.6 Å². The van der Waals surface area contributed by atoms with Crippen LogP contribution in [0, 0.1) is 0 Å². The largest absolute Gasteiger partial charge is 0.497 e. The molecular formula is C43H44N2OS2. The molecule has 244 valence electrons. The lowest BCUT2D eigenvalue weighted by molar-refractivity contribution is 0.414. The molecule has 6 aromatic carbocycles. The maximum atomic E-state index is 5.87. The predicted molar refractivity (Wildman–Crippen MR) is 208 cm³/mol. The number of thioether (sulfide) groups is 2. The van der Waals surface area contributed by atoms with Crippen LogP contribution in [-0.4, -0.2) is 31.7 Å². The van der Waals surface area contributed by atoms with E-state index in [1.807, 2.05) is 35.7 Å². The van der Waals surface area contributed by atoms with Crippen LogP contribution in [0.3, 0.4) is 0 Å². The highest BCUT2D eigenvalue weighted by molar-refractivity contribution is 8.00. The monoisotopic (exact) mass is 668 g/mol. The summed E-state index contributed by atoms with van der Waals surface area (Å²) in [6, 6.07) is 61.8. The van der Waals surface area contributed by atoms with E-state index in [0.717, 1.165) is 17.3 Å². The van der Waals surface area contributed by atoms with E-state index in [4.69, 9.17) is 16.2 Å². The predicted octanol–water partition coefficient (Wildman–Crippen LogP) is 9.35. The summed E-state index contributed by atoms with van der Waals surface area (Å²) in [7, 11) is 1.69. The number of hydrogen-bond donors (Lipinski definition) is 2. The van der Waals surface area contributed by atoms with Gasteiger partial charge in [-0.1, -0.05) is 164 Å². The van der Waals surface area contributed by atoms with E-state index in [9.17, 15) is 0 Å². The van der Waals surface area contributed by atoms with Crippen molar-refractivity contribution < 1.29 is 4.74 Å². The van der Waals surface area contributed by atoms with E-state index >= 15 is 0 Å². The van der Waals surface area contributed by atoms with Crippen molar-refractivity contribution in [2.45, 2.75) is 9.49 Å². The highest BCUT2D eigenvalue weighted by Gasteiger charge is 2.37. The molecule has 0 aliphatic heterocycles. The van der Waals surface area contributed by atoms with Gasteiger partial charge in [0.15, 0.2) is 0 Å². The second-order valence-corrected chi connectivity index (χ2v) is 13.8. The Morgan fingerprint density at radius 2 is 0.646 bits per heavy atom. The lowest BCUT2D eigenvalue weighted by Gasteiger charge is -2.35. The molecular weight excluding hydrogens is 625 g/mol. The van der Waals surface area contributed by atoms with E-state index in [1.54, 1.807) is 7.11 Å². The molecule has 0 spiro atoms. The minimum Gasteiger partial charge on any atom is -0.497 e. The van der Waals surface area contributed by atoms with Gasteiger partial charge in [-0.15, -0.1) is 23.5 Å². The van der Waals surface area contributed by atoms with Gasteiger partial charge in [0.2, 0.25) is 0 Å². The third-order valence-electron chi connectivity index (χ3n) is 8.27. The molecule has 6 rings (SSSR count). The molecule has 0 bridgehead atoms. The molecule has 0 unspecified atom stereocenters. The van der Waals surface area contributed by atoms with E-state index in [2.05, 4.69) is 164 Å². The zero-order valence-electron chi connectivity index (χ0n) is 27.5. The smallest absolute Gasteiger partial charge is 0.118 e. The standard InChI is InChI=1S/C22H23NOS.C21H21NS/c1-24-21-14-12-20(13-15-21)22(25-17-16-23,18-8-4-2-5-9-18)19-10-6-3-7-11-19;22-16-17-23-21(18-10-4-1-5-11-18,19-12-6-2-7-13-19)20-14-8-3-9-15-20/h2-15H,16-17,23H2,1H3;1-15H,16-17,22H2. The van der Waals surface area contributed by atoms with Crippen LogP contribution >= 0.6 is 23.5 Å². The van der Waals surface area contributed by atoms with Crippen molar-refractivity contribution >= 4 is 23.5 Å². The van der Waals surface area contributed by atoms with Crippen LogP contribution in [0.25, 0.3) is 0 Å². The van der Waals surface area contributed by atoms with Crippen LogP contribution in [0.5, 0.6) is 5.75 Å². The van der Waals surface area contributed by atoms with Crippen LogP contribution in [0.15, 0.2) is 176 Å². The quantitative estimate of drug-likeness (QED) is 0.120. The Labute approximate surface area is 294 Å². The maximum Gasteiger partial charge on any atom is 0.118 e. The van der Waals surface area contributed by atoms with E-state index in [1.165, 1.54) is 33.4 Å². The van der Waals surface area contributed by atoms with Crippen molar-refractivity contribution in [2.75, 3.05) is 31.7 Å². The molecule has 0 amide bonds. The van der Waals surface area contributed by atoms with Crippen molar-refractivity contribution in [1.29, 1.82) is 0 Å². The molecule has 4 N–H and O–H groups in total. The van der Waals surface area contributed by atoms with Crippen LogP contribution in [0.4, 0.5) is 0 Å². The normalized spacial score (nSPS) is 11.3. The SMILES string of the molecule is COc1ccc(C(SCCN)(c2ccccc2)c2ccccc2)cc1.NCCSC(c1ccccc1)(c1ccccc1)c1ccccc1. The minimum absolute atomic E-state index is 0.233. The van der Waals surface area contributed by atoms with Gasteiger partial charge in [0.1, 0.15) is 5.75 Å². The molecule has 5 heteroatoms. The number of benzene rings is 6. The molecule has 0 saturated heterocycles. The van der Waals surface area contributed by atoms with Crippen molar-refractivity contribution in [1.82, 2.24) is 0 Å². The number of rotatable bonds is 13. The van der Waals surface area contributed by atoms with E-state index < -0.39 is 0 Å². The molecule has 0 fully saturated rings. The third-order valence-corrected chi connectivity index (χ3v) is 11.4. The average molecular weight is 669 g/mol. The van der Waals surface area contributed by atoms with Gasteiger partial charge in [0.25, 0.3) is 0 Å².